The van der Waals surface area contributed by atoms with Crippen molar-refractivity contribution in [2.45, 2.75) is 13.3 Å². The third-order valence-corrected chi connectivity index (χ3v) is 3.79. The molecule has 0 aliphatic carbocycles. The number of hydrogen-bond donors (Lipinski definition) is 1. The van der Waals surface area contributed by atoms with E-state index in [4.69, 9.17) is 12.2 Å². The van der Waals surface area contributed by atoms with Crippen molar-refractivity contribution in [1.82, 2.24) is 9.80 Å². The molecule has 0 atom stereocenters. The molecule has 3 nitrogen and oxygen atoms in total. The van der Waals surface area contributed by atoms with Crippen LogP contribution in [0, 0.1) is 0 Å². The first-order valence-corrected chi connectivity index (χ1v) is 6.94. The quantitative estimate of drug-likeness (QED) is 0.824. The Morgan fingerprint density at radius 3 is 2.56 bits per heavy atom. The molecular weight excluding hydrogens is 242 g/mol. The van der Waals surface area contributed by atoms with E-state index in [9.17, 15) is 0 Å². The summed E-state index contributed by atoms with van der Waals surface area (Å²) in [4.78, 5) is 4.58. The Morgan fingerprint density at radius 2 is 1.89 bits per heavy atom. The number of hydrogen-bond acceptors (Lipinski definition) is 2. The van der Waals surface area contributed by atoms with E-state index in [0.717, 1.165) is 43.4 Å². The van der Waals surface area contributed by atoms with Crippen molar-refractivity contribution in [1.29, 1.82) is 0 Å². The first-order chi connectivity index (χ1) is 8.70. The Balaban J connectivity index is 1.98. The van der Waals surface area contributed by atoms with Crippen LogP contribution < -0.4 is 5.32 Å². The number of para-hydroxylation sites is 1. The van der Waals surface area contributed by atoms with Gasteiger partial charge in [0.25, 0.3) is 0 Å². The standard InChI is InChI=1S/C14H21N3S/c1-3-12-6-4-5-7-13(12)15-14(18)17-10-8-16(2)9-11-17/h4-7H,3,8-11H2,1-2H3,(H,15,18). The Morgan fingerprint density at radius 1 is 1.22 bits per heavy atom. The maximum Gasteiger partial charge on any atom is 0.173 e. The van der Waals surface area contributed by atoms with Crippen molar-refractivity contribution in [3.05, 3.63) is 29.8 Å². The highest BCUT2D eigenvalue weighted by atomic mass is 32.1. The fourth-order valence-electron chi connectivity index (χ4n) is 2.15. The maximum absolute atomic E-state index is 5.50. The van der Waals surface area contributed by atoms with E-state index < -0.39 is 0 Å². The van der Waals surface area contributed by atoms with Gasteiger partial charge in [0.05, 0.1) is 0 Å². The largest absolute Gasteiger partial charge is 0.346 e. The van der Waals surface area contributed by atoms with Gasteiger partial charge in [-0.05, 0) is 37.3 Å². The molecule has 1 aliphatic rings. The number of thiocarbonyl (C=S) groups is 1. The third-order valence-electron chi connectivity index (χ3n) is 3.43. The molecule has 0 aromatic heterocycles. The van der Waals surface area contributed by atoms with Crippen molar-refractivity contribution in [2.24, 2.45) is 0 Å². The van der Waals surface area contributed by atoms with E-state index >= 15 is 0 Å². The van der Waals surface area contributed by atoms with Crippen LogP contribution >= 0.6 is 12.2 Å². The summed E-state index contributed by atoms with van der Waals surface area (Å²) in [5.74, 6) is 0. The topological polar surface area (TPSA) is 18.5 Å². The molecule has 1 saturated heterocycles. The van der Waals surface area contributed by atoms with Gasteiger partial charge in [-0.3, -0.25) is 0 Å². The SMILES string of the molecule is CCc1ccccc1NC(=S)N1CCN(C)CC1. The summed E-state index contributed by atoms with van der Waals surface area (Å²) in [6, 6.07) is 8.37. The third kappa shape index (κ3) is 3.21. The highest BCUT2D eigenvalue weighted by Gasteiger charge is 2.16. The average molecular weight is 263 g/mol. The van der Waals surface area contributed by atoms with E-state index in [1.165, 1.54) is 5.56 Å². The van der Waals surface area contributed by atoms with E-state index in [2.05, 4.69) is 47.3 Å². The Hall–Kier alpha value is -1.13. The number of aryl methyl sites for hydroxylation is 1. The monoisotopic (exact) mass is 263 g/mol. The molecule has 1 aromatic carbocycles. The van der Waals surface area contributed by atoms with Crippen molar-refractivity contribution >= 4 is 23.0 Å². The maximum atomic E-state index is 5.50. The number of nitrogens with one attached hydrogen (secondary N) is 1. The van der Waals surface area contributed by atoms with Crippen LogP contribution in [0.15, 0.2) is 24.3 Å². The van der Waals surface area contributed by atoms with E-state index in [1.807, 2.05) is 6.07 Å². The van der Waals surface area contributed by atoms with Gasteiger partial charge in [0.1, 0.15) is 0 Å². The number of likely N-dealkylation sites (N-methyl/N-ethyl adjacent to an activating group) is 1. The highest BCUT2D eigenvalue weighted by Crippen LogP contribution is 2.16. The first-order valence-electron chi connectivity index (χ1n) is 6.53. The lowest BCUT2D eigenvalue weighted by atomic mass is 10.1. The van der Waals surface area contributed by atoms with E-state index in [0.29, 0.717) is 0 Å². The number of anilines is 1. The molecule has 0 unspecified atom stereocenters. The molecule has 1 N–H and O–H groups in total. The minimum atomic E-state index is 0.851. The summed E-state index contributed by atoms with van der Waals surface area (Å²) < 4.78 is 0. The predicted molar refractivity (Wildman–Crippen MR) is 81.1 cm³/mol. The van der Waals surface area contributed by atoms with Gasteiger partial charge >= 0.3 is 0 Å². The van der Waals surface area contributed by atoms with Gasteiger partial charge in [0.15, 0.2) is 5.11 Å². The summed E-state index contributed by atoms with van der Waals surface area (Å²) >= 11 is 5.50. The van der Waals surface area contributed by atoms with Crippen LogP contribution in [0.25, 0.3) is 0 Å². The smallest absolute Gasteiger partial charge is 0.173 e. The Kier molecular flexibility index (Phi) is 4.55. The van der Waals surface area contributed by atoms with Gasteiger partial charge in [-0.15, -0.1) is 0 Å². The van der Waals surface area contributed by atoms with E-state index in [-0.39, 0.29) is 0 Å². The van der Waals surface area contributed by atoms with Crippen molar-refractivity contribution in [2.75, 3.05) is 38.5 Å². The molecule has 1 fully saturated rings. The first kappa shape index (κ1) is 13.3. The van der Waals surface area contributed by atoms with Gasteiger partial charge in [-0.25, -0.2) is 0 Å². The minimum absolute atomic E-state index is 0.851. The number of piperazine rings is 1. The highest BCUT2D eigenvalue weighted by molar-refractivity contribution is 7.80. The predicted octanol–water partition coefficient (Wildman–Crippen LogP) is 2.19. The molecule has 1 aromatic rings. The summed E-state index contributed by atoms with van der Waals surface area (Å²) in [5.41, 5.74) is 2.46. The van der Waals surface area contributed by atoms with Gasteiger partial charge in [0.2, 0.25) is 0 Å². The van der Waals surface area contributed by atoms with Crippen LogP contribution in [-0.2, 0) is 6.42 Å². The van der Waals surface area contributed by atoms with Crippen molar-refractivity contribution < 1.29 is 0 Å². The fraction of sp³-hybridized carbons (Fsp3) is 0.500. The van der Waals surface area contributed by atoms with Crippen molar-refractivity contribution in [3.63, 3.8) is 0 Å². The molecule has 4 heteroatoms. The molecule has 0 radical (unpaired) electrons. The second kappa shape index (κ2) is 6.16. The Bertz CT molecular complexity index is 411. The molecule has 0 amide bonds. The number of benzene rings is 1. The second-order valence-corrected chi connectivity index (χ2v) is 5.12. The molecule has 1 aliphatic heterocycles. The number of rotatable bonds is 2. The molecule has 2 rings (SSSR count). The molecule has 0 bridgehead atoms. The summed E-state index contributed by atoms with van der Waals surface area (Å²) in [6.45, 7) is 6.35. The van der Waals surface area contributed by atoms with Gasteiger partial charge < -0.3 is 15.1 Å². The van der Waals surface area contributed by atoms with Crippen LogP contribution in [0.4, 0.5) is 5.69 Å². The normalized spacial score (nSPS) is 16.7. The summed E-state index contributed by atoms with van der Waals surface area (Å²) in [7, 11) is 2.15. The van der Waals surface area contributed by atoms with Crippen molar-refractivity contribution in [3.8, 4) is 0 Å². The van der Waals surface area contributed by atoms with Gasteiger partial charge in [-0.1, -0.05) is 25.1 Å². The van der Waals surface area contributed by atoms with Crippen LogP contribution in [0.5, 0.6) is 0 Å². The van der Waals surface area contributed by atoms with Crippen LogP contribution in [0.2, 0.25) is 0 Å². The van der Waals surface area contributed by atoms with Crippen LogP contribution in [0.3, 0.4) is 0 Å². The fourth-order valence-corrected chi connectivity index (χ4v) is 2.45. The molecule has 0 spiro atoms. The molecule has 1 heterocycles. The van der Waals surface area contributed by atoms with E-state index in [1.54, 1.807) is 0 Å². The zero-order valence-electron chi connectivity index (χ0n) is 11.1. The van der Waals surface area contributed by atoms with Gasteiger partial charge in [-0.2, -0.15) is 0 Å². The lowest BCUT2D eigenvalue weighted by Crippen LogP contribution is -2.48. The summed E-state index contributed by atoms with van der Waals surface area (Å²) in [5, 5.41) is 4.24. The molecule has 18 heavy (non-hydrogen) atoms. The van der Waals surface area contributed by atoms with Gasteiger partial charge in [0, 0.05) is 31.9 Å². The second-order valence-electron chi connectivity index (χ2n) is 4.73. The lowest BCUT2D eigenvalue weighted by Gasteiger charge is -2.34. The lowest BCUT2D eigenvalue weighted by molar-refractivity contribution is 0.217. The molecule has 0 saturated carbocycles. The Labute approximate surface area is 115 Å². The zero-order chi connectivity index (χ0) is 13.0. The molecule has 98 valence electrons. The van der Waals surface area contributed by atoms with Crippen LogP contribution in [0.1, 0.15) is 12.5 Å². The minimum Gasteiger partial charge on any atom is -0.346 e. The summed E-state index contributed by atoms with van der Waals surface area (Å²) in [6.07, 6.45) is 1.02. The van der Waals surface area contributed by atoms with Crippen LogP contribution in [-0.4, -0.2) is 48.1 Å². The number of nitrogens with zero attached hydrogens (tertiary/aromatic N) is 2. The molecular formula is C14H21N3S. The average Bonchev–Trinajstić information content (AvgIpc) is 2.40. The zero-order valence-corrected chi connectivity index (χ0v) is 12.0.